The molecule has 0 saturated carbocycles. The number of nitrogens with zero attached hydrogens (tertiary/aromatic N) is 2. The Morgan fingerprint density at radius 1 is 1.36 bits per heavy atom. The van der Waals surface area contributed by atoms with Gasteiger partial charge in [0.2, 0.25) is 0 Å². The van der Waals surface area contributed by atoms with Crippen molar-refractivity contribution in [1.82, 2.24) is 8.96 Å². The van der Waals surface area contributed by atoms with Crippen LogP contribution in [0.1, 0.15) is 11.3 Å². The van der Waals surface area contributed by atoms with Gasteiger partial charge in [-0.25, -0.2) is 17.4 Å². The molecule has 0 fully saturated rings. The third-order valence-corrected chi connectivity index (χ3v) is 4.90. The van der Waals surface area contributed by atoms with E-state index >= 15 is 0 Å². The topological polar surface area (TPSA) is 104 Å². The maximum absolute atomic E-state index is 12.6. The van der Waals surface area contributed by atoms with E-state index in [-0.39, 0.29) is 11.3 Å². The number of benzene rings is 1. The smallest absolute Gasteiger partial charge is 0.323 e. The Morgan fingerprint density at radius 3 is 2.59 bits per heavy atom. The van der Waals surface area contributed by atoms with Gasteiger partial charge in [-0.15, -0.1) is 0 Å². The van der Waals surface area contributed by atoms with E-state index in [0.717, 1.165) is 9.54 Å². The van der Waals surface area contributed by atoms with Crippen LogP contribution in [0.3, 0.4) is 0 Å². The maximum Gasteiger partial charge on any atom is 0.323 e. The van der Waals surface area contributed by atoms with Crippen LogP contribution in [0.2, 0.25) is 0 Å². The monoisotopic (exact) mass is 323 g/mol. The van der Waals surface area contributed by atoms with Crippen LogP contribution < -0.4 is 5.73 Å². The summed E-state index contributed by atoms with van der Waals surface area (Å²) < 4.78 is 30.8. The van der Waals surface area contributed by atoms with Crippen molar-refractivity contribution in [2.24, 2.45) is 5.73 Å². The van der Waals surface area contributed by atoms with E-state index in [1.54, 1.807) is 12.1 Å². The number of methoxy groups -OCH3 is 1. The second-order valence-electron chi connectivity index (χ2n) is 4.83. The van der Waals surface area contributed by atoms with Gasteiger partial charge in [0.1, 0.15) is 12.4 Å². The van der Waals surface area contributed by atoms with Crippen LogP contribution in [-0.4, -0.2) is 36.5 Å². The maximum atomic E-state index is 12.6. The van der Waals surface area contributed by atoms with Gasteiger partial charge >= 0.3 is 5.97 Å². The molecule has 2 rings (SSSR count). The number of esters is 1. The van der Waals surface area contributed by atoms with Gasteiger partial charge in [-0.2, -0.15) is 0 Å². The number of carbonyl (C=O) groups excluding carboxylic acids is 1. The quantitative estimate of drug-likeness (QED) is 0.802. The molecule has 0 spiro atoms. The molecule has 0 aliphatic rings. The summed E-state index contributed by atoms with van der Waals surface area (Å²) in [5.74, 6) is -0.611. The number of nitrogens with two attached hydrogens (primary N) is 1. The van der Waals surface area contributed by atoms with Crippen molar-refractivity contribution in [3.05, 3.63) is 48.0 Å². The molecule has 0 aliphatic carbocycles. The highest BCUT2D eigenvalue weighted by Crippen LogP contribution is 2.17. The summed E-state index contributed by atoms with van der Waals surface area (Å²) in [6, 6.07) is 5.52. The largest absolute Gasteiger partial charge is 0.468 e. The molecule has 118 valence electrons. The molecule has 1 aromatic carbocycles. The minimum absolute atomic E-state index is 0.0117. The Labute approximate surface area is 128 Å². The lowest BCUT2D eigenvalue weighted by Gasteiger charge is -2.12. The molecule has 1 aromatic heterocycles. The highest BCUT2D eigenvalue weighted by atomic mass is 32.2. The second-order valence-corrected chi connectivity index (χ2v) is 6.65. The van der Waals surface area contributed by atoms with E-state index in [1.807, 2.05) is 6.92 Å². The van der Waals surface area contributed by atoms with Crippen LogP contribution in [0, 0.1) is 6.92 Å². The van der Waals surface area contributed by atoms with Gasteiger partial charge in [0, 0.05) is 12.6 Å². The molecule has 7 nitrogen and oxygen atoms in total. The number of aromatic nitrogens is 2. The highest BCUT2D eigenvalue weighted by molar-refractivity contribution is 7.90. The first-order valence-corrected chi connectivity index (χ1v) is 7.97. The zero-order valence-electron chi connectivity index (χ0n) is 12.3. The molecule has 2 aromatic rings. The van der Waals surface area contributed by atoms with Crippen LogP contribution in [-0.2, 0) is 26.0 Å². The lowest BCUT2D eigenvalue weighted by atomic mass is 10.2. The highest BCUT2D eigenvalue weighted by Gasteiger charge is 2.23. The molecule has 1 heterocycles. The van der Waals surface area contributed by atoms with Crippen LogP contribution in [0.4, 0.5) is 0 Å². The van der Waals surface area contributed by atoms with Gasteiger partial charge in [0.15, 0.2) is 0 Å². The average molecular weight is 323 g/mol. The van der Waals surface area contributed by atoms with Crippen molar-refractivity contribution in [3.63, 3.8) is 0 Å². The molecule has 1 atom stereocenters. The number of ether oxygens (including phenoxy) is 1. The summed E-state index contributed by atoms with van der Waals surface area (Å²) in [5.41, 5.74) is 6.95. The fraction of sp³-hybridized carbons (Fsp3) is 0.286. The number of imidazole rings is 1. The number of aryl methyl sites for hydroxylation is 1. The fourth-order valence-corrected chi connectivity index (χ4v) is 3.27. The van der Waals surface area contributed by atoms with E-state index in [4.69, 9.17) is 5.73 Å². The number of carbonyl (C=O) groups is 1. The minimum Gasteiger partial charge on any atom is -0.468 e. The number of hydrogen-bond donors (Lipinski definition) is 1. The molecule has 8 heteroatoms. The first-order valence-electron chi connectivity index (χ1n) is 6.53. The first-order chi connectivity index (χ1) is 10.4. The molecule has 2 N–H and O–H groups in total. The third-order valence-electron chi connectivity index (χ3n) is 3.19. The summed E-state index contributed by atoms with van der Waals surface area (Å²) in [4.78, 5) is 15.4. The zero-order valence-corrected chi connectivity index (χ0v) is 13.1. The van der Waals surface area contributed by atoms with Crippen molar-refractivity contribution in [2.45, 2.75) is 24.3 Å². The lowest BCUT2D eigenvalue weighted by Crippen LogP contribution is -2.34. The van der Waals surface area contributed by atoms with Crippen molar-refractivity contribution in [2.75, 3.05) is 7.11 Å². The minimum atomic E-state index is -3.77. The Bertz CT molecular complexity index is 766. The molecule has 22 heavy (non-hydrogen) atoms. The normalized spacial score (nSPS) is 12.9. The summed E-state index contributed by atoms with van der Waals surface area (Å²) in [6.45, 7) is 1.87. The SMILES string of the molecule is COC(=O)C(N)Cc1cncn1S(=O)(=O)c1ccc(C)cc1. The fourth-order valence-electron chi connectivity index (χ4n) is 1.95. The van der Waals surface area contributed by atoms with E-state index in [2.05, 4.69) is 9.72 Å². The van der Waals surface area contributed by atoms with Gasteiger partial charge < -0.3 is 10.5 Å². The van der Waals surface area contributed by atoms with Crippen molar-refractivity contribution >= 4 is 16.0 Å². The van der Waals surface area contributed by atoms with Crippen LogP contribution in [0.25, 0.3) is 0 Å². The van der Waals surface area contributed by atoms with Gasteiger partial charge in [-0.3, -0.25) is 4.79 Å². The van der Waals surface area contributed by atoms with Crippen molar-refractivity contribution < 1.29 is 17.9 Å². The molecule has 0 amide bonds. The van der Waals surface area contributed by atoms with Crippen molar-refractivity contribution in [1.29, 1.82) is 0 Å². The van der Waals surface area contributed by atoms with Crippen LogP contribution in [0.5, 0.6) is 0 Å². The second kappa shape index (κ2) is 6.29. The predicted octanol–water partition coefficient (Wildman–Crippen LogP) is 0.471. The Kier molecular flexibility index (Phi) is 4.62. The van der Waals surface area contributed by atoms with Gasteiger partial charge in [0.25, 0.3) is 10.0 Å². The standard InChI is InChI=1S/C14H17N3O4S/c1-10-3-5-12(6-4-10)22(19,20)17-9-16-8-11(17)7-13(15)14(18)21-2/h3-6,8-9,13H,7,15H2,1-2H3. The average Bonchev–Trinajstić information content (AvgIpc) is 2.95. The van der Waals surface area contributed by atoms with E-state index in [1.165, 1.54) is 31.8 Å². The zero-order chi connectivity index (χ0) is 16.3. The predicted molar refractivity (Wildman–Crippen MR) is 79.7 cm³/mol. The molecule has 1 unspecified atom stereocenters. The summed E-state index contributed by atoms with van der Waals surface area (Å²) in [5, 5.41) is 0. The van der Waals surface area contributed by atoms with Crippen LogP contribution in [0.15, 0.2) is 41.7 Å². The van der Waals surface area contributed by atoms with Gasteiger partial charge in [-0.1, -0.05) is 17.7 Å². The van der Waals surface area contributed by atoms with E-state index in [0.29, 0.717) is 5.69 Å². The molecule has 0 bridgehead atoms. The Morgan fingerprint density at radius 2 is 2.00 bits per heavy atom. The third kappa shape index (κ3) is 3.18. The van der Waals surface area contributed by atoms with Crippen LogP contribution >= 0.6 is 0 Å². The number of rotatable bonds is 5. The molecule has 0 aliphatic heterocycles. The van der Waals surface area contributed by atoms with E-state index < -0.39 is 22.0 Å². The molecule has 0 saturated heterocycles. The number of hydrogen-bond acceptors (Lipinski definition) is 6. The summed E-state index contributed by atoms with van der Waals surface area (Å²) in [7, 11) is -2.55. The Balaban J connectivity index is 2.35. The molecular weight excluding hydrogens is 306 g/mol. The van der Waals surface area contributed by atoms with Gasteiger partial charge in [0.05, 0.1) is 17.7 Å². The summed E-state index contributed by atoms with van der Waals surface area (Å²) in [6.07, 6.45) is 2.57. The van der Waals surface area contributed by atoms with E-state index in [9.17, 15) is 13.2 Å². The Hall–Kier alpha value is -2.19. The van der Waals surface area contributed by atoms with Gasteiger partial charge in [-0.05, 0) is 19.1 Å². The summed E-state index contributed by atoms with van der Waals surface area (Å²) >= 11 is 0. The molecular formula is C14H17N3O4S. The molecule has 0 radical (unpaired) electrons. The lowest BCUT2D eigenvalue weighted by molar-refractivity contribution is -0.142. The first kappa shape index (κ1) is 16.2. The van der Waals surface area contributed by atoms with Crippen molar-refractivity contribution in [3.8, 4) is 0 Å².